The number of carbonyl (C=O) groups is 2. The fraction of sp³-hybridized carbons (Fsp3) is 0.389. The van der Waals surface area contributed by atoms with E-state index in [-0.39, 0.29) is 30.4 Å². The first-order chi connectivity index (χ1) is 13.0. The van der Waals surface area contributed by atoms with Crippen molar-refractivity contribution < 1.29 is 23.8 Å². The van der Waals surface area contributed by atoms with E-state index in [9.17, 15) is 9.18 Å². The lowest BCUT2D eigenvalue weighted by Crippen LogP contribution is -2.53. The smallest absolute Gasteiger partial charge is 0.290 e. The Labute approximate surface area is 159 Å². The van der Waals surface area contributed by atoms with Gasteiger partial charge in [0.05, 0.1) is 17.8 Å². The number of carboxylic acid groups (broad SMARTS) is 1. The standard InChI is InChI=1S/C17H18FN3O2S.CH2O2/c18-13-3-1-12(2-4-13)14-9-24-16(20-14)7-21-6-5-17(11-21)10-19-15(22)8-23-17;2-1-3/h1-4,9H,5-8,10-11H2,(H,19,22);1H,(H,2,3). The van der Waals surface area contributed by atoms with Gasteiger partial charge in [0.1, 0.15) is 17.4 Å². The van der Waals surface area contributed by atoms with Gasteiger partial charge in [-0.25, -0.2) is 9.37 Å². The predicted octanol–water partition coefficient (Wildman–Crippen LogP) is 1.74. The molecule has 2 aliphatic heterocycles. The molecular formula is C18H20FN3O4S. The van der Waals surface area contributed by atoms with Gasteiger partial charge < -0.3 is 15.2 Å². The average Bonchev–Trinajstić information content (AvgIpc) is 3.27. The van der Waals surface area contributed by atoms with Gasteiger partial charge in [-0.1, -0.05) is 0 Å². The van der Waals surface area contributed by atoms with Gasteiger partial charge in [0.25, 0.3) is 6.47 Å². The Morgan fingerprint density at radius 3 is 2.81 bits per heavy atom. The summed E-state index contributed by atoms with van der Waals surface area (Å²) in [5.41, 5.74) is 1.56. The van der Waals surface area contributed by atoms with Crippen LogP contribution in [0.15, 0.2) is 29.6 Å². The van der Waals surface area contributed by atoms with Crippen molar-refractivity contribution in [3.63, 3.8) is 0 Å². The molecule has 2 N–H and O–H groups in total. The number of likely N-dealkylation sites (tertiary alicyclic amines) is 1. The number of halogens is 1. The van der Waals surface area contributed by atoms with Gasteiger partial charge >= 0.3 is 0 Å². The molecule has 2 fully saturated rings. The van der Waals surface area contributed by atoms with E-state index in [0.29, 0.717) is 6.54 Å². The van der Waals surface area contributed by atoms with E-state index in [1.807, 2.05) is 5.38 Å². The van der Waals surface area contributed by atoms with Crippen LogP contribution in [0.25, 0.3) is 11.3 Å². The normalized spacial score (nSPS) is 22.2. The highest BCUT2D eigenvalue weighted by Gasteiger charge is 2.42. The zero-order valence-corrected chi connectivity index (χ0v) is 15.4. The summed E-state index contributed by atoms with van der Waals surface area (Å²) in [4.78, 5) is 26.6. The summed E-state index contributed by atoms with van der Waals surface area (Å²) in [6.07, 6.45) is 0.920. The Balaban J connectivity index is 0.000000659. The molecule has 3 heterocycles. The summed E-state index contributed by atoms with van der Waals surface area (Å²) < 4.78 is 18.8. The van der Waals surface area contributed by atoms with Crippen LogP contribution in [0.4, 0.5) is 4.39 Å². The maximum atomic E-state index is 13.0. The van der Waals surface area contributed by atoms with Crippen molar-refractivity contribution in [1.29, 1.82) is 0 Å². The number of hydrogen-bond donors (Lipinski definition) is 2. The number of carbonyl (C=O) groups excluding carboxylic acids is 1. The van der Waals surface area contributed by atoms with Crippen molar-refractivity contribution in [1.82, 2.24) is 15.2 Å². The topological polar surface area (TPSA) is 91.8 Å². The number of morpholine rings is 1. The van der Waals surface area contributed by atoms with Crippen LogP contribution in [0.2, 0.25) is 0 Å². The minimum Gasteiger partial charge on any atom is -0.483 e. The number of hydrogen-bond acceptors (Lipinski definition) is 6. The molecule has 27 heavy (non-hydrogen) atoms. The Hall–Kier alpha value is -2.36. The second-order valence-corrected chi connectivity index (χ2v) is 7.39. The molecular weight excluding hydrogens is 373 g/mol. The molecule has 2 aromatic rings. The van der Waals surface area contributed by atoms with Crippen LogP contribution in [0.1, 0.15) is 11.4 Å². The van der Waals surface area contributed by atoms with Crippen molar-refractivity contribution in [3.8, 4) is 11.3 Å². The van der Waals surface area contributed by atoms with Crippen LogP contribution in [-0.2, 0) is 20.9 Å². The molecule has 144 valence electrons. The Morgan fingerprint density at radius 1 is 1.41 bits per heavy atom. The maximum Gasteiger partial charge on any atom is 0.290 e. The first kappa shape index (κ1) is 19.4. The van der Waals surface area contributed by atoms with Gasteiger partial charge in [0.15, 0.2) is 0 Å². The molecule has 7 nitrogen and oxygen atoms in total. The molecule has 1 atom stereocenters. The molecule has 1 spiro atoms. The lowest BCUT2D eigenvalue weighted by Gasteiger charge is -2.33. The molecule has 0 aliphatic carbocycles. The fourth-order valence-corrected chi connectivity index (χ4v) is 4.08. The molecule has 0 radical (unpaired) electrons. The van der Waals surface area contributed by atoms with Gasteiger partial charge in [-0.2, -0.15) is 0 Å². The molecule has 1 aromatic heterocycles. The van der Waals surface area contributed by atoms with E-state index in [1.165, 1.54) is 12.1 Å². The summed E-state index contributed by atoms with van der Waals surface area (Å²) in [5.74, 6) is -0.279. The maximum absolute atomic E-state index is 13.0. The fourth-order valence-electron chi connectivity index (χ4n) is 3.23. The number of nitrogens with zero attached hydrogens (tertiary/aromatic N) is 2. The second-order valence-electron chi connectivity index (χ2n) is 6.45. The van der Waals surface area contributed by atoms with E-state index in [1.54, 1.807) is 23.5 Å². The van der Waals surface area contributed by atoms with Crippen LogP contribution < -0.4 is 5.32 Å². The van der Waals surface area contributed by atoms with E-state index in [2.05, 4.69) is 15.2 Å². The van der Waals surface area contributed by atoms with E-state index < -0.39 is 0 Å². The third-order valence-electron chi connectivity index (χ3n) is 4.56. The van der Waals surface area contributed by atoms with Crippen LogP contribution >= 0.6 is 11.3 Å². The van der Waals surface area contributed by atoms with E-state index in [0.717, 1.165) is 42.3 Å². The number of thiazole rings is 1. The van der Waals surface area contributed by atoms with Gasteiger partial charge in [0, 0.05) is 30.6 Å². The first-order valence-electron chi connectivity index (χ1n) is 8.45. The first-order valence-corrected chi connectivity index (χ1v) is 9.33. The monoisotopic (exact) mass is 393 g/mol. The Morgan fingerprint density at radius 2 is 2.15 bits per heavy atom. The minimum absolute atomic E-state index is 0.0389. The van der Waals surface area contributed by atoms with Crippen LogP contribution in [-0.4, -0.2) is 59.2 Å². The second kappa shape index (κ2) is 8.55. The van der Waals surface area contributed by atoms with Crippen LogP contribution in [0, 0.1) is 5.82 Å². The minimum atomic E-state index is -0.250. The highest BCUT2D eigenvalue weighted by molar-refractivity contribution is 7.09. The number of ether oxygens (including phenoxy) is 1. The van der Waals surface area contributed by atoms with Gasteiger partial charge in [-0.3, -0.25) is 14.5 Å². The van der Waals surface area contributed by atoms with Gasteiger partial charge in [0.2, 0.25) is 5.91 Å². The van der Waals surface area contributed by atoms with Crippen molar-refractivity contribution in [3.05, 3.63) is 40.5 Å². The van der Waals surface area contributed by atoms with Crippen molar-refractivity contribution in [2.75, 3.05) is 26.2 Å². The quantitative estimate of drug-likeness (QED) is 0.772. The van der Waals surface area contributed by atoms with Gasteiger partial charge in [-0.05, 0) is 30.7 Å². The summed E-state index contributed by atoms with van der Waals surface area (Å²) in [7, 11) is 0. The lowest BCUT2D eigenvalue weighted by molar-refractivity contribution is -0.142. The predicted molar refractivity (Wildman–Crippen MR) is 97.8 cm³/mol. The molecule has 2 aliphatic rings. The van der Waals surface area contributed by atoms with Crippen LogP contribution in [0.3, 0.4) is 0 Å². The zero-order chi connectivity index (χ0) is 19.3. The molecule has 1 amide bonds. The van der Waals surface area contributed by atoms with Crippen molar-refractivity contribution in [2.24, 2.45) is 0 Å². The number of rotatable bonds is 3. The molecule has 0 bridgehead atoms. The van der Waals surface area contributed by atoms with Crippen molar-refractivity contribution in [2.45, 2.75) is 18.6 Å². The lowest BCUT2D eigenvalue weighted by atomic mass is 10.0. The third-order valence-corrected chi connectivity index (χ3v) is 5.40. The zero-order valence-electron chi connectivity index (χ0n) is 14.6. The molecule has 4 rings (SSSR count). The molecule has 0 saturated carbocycles. The average molecular weight is 393 g/mol. The number of nitrogens with one attached hydrogen (secondary N) is 1. The third kappa shape index (κ3) is 4.88. The number of aromatic nitrogens is 1. The SMILES string of the molecule is O=C1COC2(CCN(Cc3nc(-c4ccc(F)cc4)cs3)C2)CN1.O=CO. The van der Waals surface area contributed by atoms with Gasteiger partial charge in [-0.15, -0.1) is 11.3 Å². The number of benzene rings is 1. The molecule has 2 saturated heterocycles. The van der Waals surface area contributed by atoms with E-state index >= 15 is 0 Å². The highest BCUT2D eigenvalue weighted by atomic mass is 32.1. The summed E-state index contributed by atoms with van der Waals surface area (Å²) in [6, 6.07) is 6.40. The number of amides is 1. The Kier molecular flexibility index (Phi) is 6.15. The van der Waals surface area contributed by atoms with E-state index in [4.69, 9.17) is 14.6 Å². The Bertz CT molecular complexity index is 786. The largest absolute Gasteiger partial charge is 0.483 e. The molecule has 9 heteroatoms. The van der Waals surface area contributed by atoms with Crippen LogP contribution in [0.5, 0.6) is 0 Å². The molecule has 1 unspecified atom stereocenters. The summed E-state index contributed by atoms with van der Waals surface area (Å²) in [5, 5.41) is 12.8. The summed E-state index contributed by atoms with van der Waals surface area (Å²) in [6.45, 7) is 2.99. The van der Waals surface area contributed by atoms with Crippen molar-refractivity contribution >= 4 is 23.7 Å². The highest BCUT2D eigenvalue weighted by Crippen LogP contribution is 2.29. The summed E-state index contributed by atoms with van der Waals surface area (Å²) >= 11 is 1.61. The molecule has 1 aromatic carbocycles.